The number of hydrogen-bond donors (Lipinski definition) is 3. The summed E-state index contributed by atoms with van der Waals surface area (Å²) in [6, 6.07) is 12.0. The minimum absolute atomic E-state index is 0.216. The second kappa shape index (κ2) is 10.3. The molecular weight excluding hydrogens is 461 g/mol. The van der Waals surface area contributed by atoms with Crippen LogP contribution in [-0.4, -0.2) is 37.1 Å². The smallest absolute Gasteiger partial charge is 0.308 e. The van der Waals surface area contributed by atoms with Gasteiger partial charge in [0, 0.05) is 29.3 Å². The van der Waals surface area contributed by atoms with E-state index in [0.29, 0.717) is 46.3 Å². The van der Waals surface area contributed by atoms with Crippen LogP contribution < -0.4 is 10.1 Å². The van der Waals surface area contributed by atoms with E-state index >= 15 is 0 Å². The number of aromatic nitrogens is 4. The van der Waals surface area contributed by atoms with Crippen LogP contribution in [0.4, 0.5) is 10.2 Å². The Bertz CT molecular complexity index is 1360. The van der Waals surface area contributed by atoms with Crippen molar-refractivity contribution in [2.75, 3.05) is 5.32 Å². The lowest BCUT2D eigenvalue weighted by molar-refractivity contribution is -0.143. The number of benzene rings is 1. The van der Waals surface area contributed by atoms with Crippen LogP contribution in [0.15, 0.2) is 54.9 Å². The van der Waals surface area contributed by atoms with Crippen molar-refractivity contribution in [1.82, 2.24) is 19.9 Å². The molecule has 5 rings (SSSR count). The summed E-state index contributed by atoms with van der Waals surface area (Å²) in [4.78, 5) is 28.5. The van der Waals surface area contributed by atoms with Crippen molar-refractivity contribution < 1.29 is 19.0 Å². The SMILES string of the molecule is CCCC1CCCC(C(=O)O)C1Nc1cc(Oc2ccccc2)nc(-c2c[nH]c3ncc(F)cc23)n1. The molecule has 3 heterocycles. The molecule has 0 aliphatic heterocycles. The maximum absolute atomic E-state index is 14.0. The number of aliphatic carboxylic acids is 1. The normalized spacial score (nSPS) is 19.8. The molecule has 1 saturated carbocycles. The molecule has 0 bridgehead atoms. The lowest BCUT2D eigenvalue weighted by Crippen LogP contribution is -2.43. The van der Waals surface area contributed by atoms with Gasteiger partial charge in [-0.2, -0.15) is 4.98 Å². The Kier molecular flexibility index (Phi) is 6.79. The summed E-state index contributed by atoms with van der Waals surface area (Å²) in [7, 11) is 0. The Labute approximate surface area is 208 Å². The van der Waals surface area contributed by atoms with Gasteiger partial charge in [-0.25, -0.2) is 14.4 Å². The molecule has 0 spiro atoms. The minimum atomic E-state index is -0.804. The summed E-state index contributed by atoms with van der Waals surface area (Å²) in [5.74, 6) is 0.107. The number of nitrogens with zero attached hydrogens (tertiary/aromatic N) is 3. The fourth-order valence-electron chi connectivity index (χ4n) is 5.09. The second-order valence-corrected chi connectivity index (χ2v) is 9.18. The molecule has 3 N–H and O–H groups in total. The van der Waals surface area contributed by atoms with Crippen molar-refractivity contribution in [3.05, 3.63) is 60.7 Å². The topological polar surface area (TPSA) is 113 Å². The zero-order valence-corrected chi connectivity index (χ0v) is 19.9. The molecule has 3 atom stereocenters. The van der Waals surface area contributed by atoms with E-state index in [1.807, 2.05) is 30.3 Å². The van der Waals surface area contributed by atoms with Crippen LogP contribution in [0.5, 0.6) is 11.6 Å². The predicted octanol–water partition coefficient (Wildman–Crippen LogP) is 6.03. The zero-order valence-electron chi connectivity index (χ0n) is 19.9. The minimum Gasteiger partial charge on any atom is -0.481 e. The highest BCUT2D eigenvalue weighted by atomic mass is 19.1. The van der Waals surface area contributed by atoms with E-state index in [9.17, 15) is 14.3 Å². The van der Waals surface area contributed by atoms with Gasteiger partial charge in [0.15, 0.2) is 5.82 Å². The van der Waals surface area contributed by atoms with Gasteiger partial charge in [0.05, 0.1) is 12.1 Å². The van der Waals surface area contributed by atoms with E-state index in [-0.39, 0.29) is 12.0 Å². The van der Waals surface area contributed by atoms with Gasteiger partial charge in [-0.3, -0.25) is 4.79 Å². The number of carboxylic acid groups (broad SMARTS) is 1. The Morgan fingerprint density at radius 2 is 2.06 bits per heavy atom. The number of rotatable bonds is 8. The maximum Gasteiger partial charge on any atom is 0.308 e. The number of halogens is 1. The van der Waals surface area contributed by atoms with Gasteiger partial charge in [0.1, 0.15) is 23.0 Å². The number of para-hydroxylation sites is 1. The molecular formula is C27H28FN5O3. The number of aromatic amines is 1. The first kappa shape index (κ1) is 23.7. The maximum atomic E-state index is 14.0. The number of carbonyl (C=O) groups is 1. The molecule has 0 amide bonds. The molecule has 186 valence electrons. The van der Waals surface area contributed by atoms with Crippen molar-refractivity contribution in [3.63, 3.8) is 0 Å². The highest BCUT2D eigenvalue weighted by Crippen LogP contribution is 2.36. The number of H-pyrrole nitrogens is 1. The van der Waals surface area contributed by atoms with Gasteiger partial charge in [-0.15, -0.1) is 0 Å². The Balaban J connectivity index is 1.57. The third-order valence-electron chi connectivity index (χ3n) is 6.73. The zero-order chi connectivity index (χ0) is 25.1. The summed E-state index contributed by atoms with van der Waals surface area (Å²) in [6.07, 6.45) is 7.21. The van der Waals surface area contributed by atoms with Gasteiger partial charge < -0.3 is 20.1 Å². The second-order valence-electron chi connectivity index (χ2n) is 9.18. The summed E-state index contributed by atoms with van der Waals surface area (Å²) in [5, 5.41) is 13.9. The molecule has 4 aromatic rings. The molecule has 1 aliphatic rings. The van der Waals surface area contributed by atoms with Gasteiger partial charge in [-0.1, -0.05) is 38.0 Å². The fraction of sp³-hybridized carbons (Fsp3) is 0.333. The van der Waals surface area contributed by atoms with Crippen LogP contribution in [0.1, 0.15) is 39.0 Å². The first-order chi connectivity index (χ1) is 17.5. The van der Waals surface area contributed by atoms with Crippen LogP contribution >= 0.6 is 0 Å². The van der Waals surface area contributed by atoms with Crippen LogP contribution in [0, 0.1) is 17.7 Å². The standard InChI is InChI=1S/C27H28FN5O3/c1-2-7-16-8-6-11-19(27(34)35)24(16)31-22-13-23(36-18-9-4-3-5-10-18)33-26(32-22)21-15-30-25-20(21)12-17(28)14-29-25/h3-5,9-10,12-16,19,24H,2,6-8,11H2,1H3,(H,29,30)(H,34,35)(H,31,32,33). The van der Waals surface area contributed by atoms with Gasteiger partial charge in [0.25, 0.3) is 0 Å². The van der Waals surface area contributed by atoms with E-state index in [2.05, 4.69) is 27.2 Å². The first-order valence-corrected chi connectivity index (χ1v) is 12.3. The van der Waals surface area contributed by atoms with E-state index in [1.54, 1.807) is 12.3 Å². The van der Waals surface area contributed by atoms with Crippen molar-refractivity contribution in [3.8, 4) is 23.0 Å². The fourth-order valence-corrected chi connectivity index (χ4v) is 5.09. The third kappa shape index (κ3) is 5.00. The molecule has 0 saturated heterocycles. The number of anilines is 1. The van der Waals surface area contributed by atoms with Crippen molar-refractivity contribution >= 4 is 22.8 Å². The molecule has 0 radical (unpaired) electrons. The average Bonchev–Trinajstić information content (AvgIpc) is 3.28. The predicted molar refractivity (Wildman–Crippen MR) is 134 cm³/mol. The van der Waals surface area contributed by atoms with Crippen LogP contribution in [-0.2, 0) is 4.79 Å². The summed E-state index contributed by atoms with van der Waals surface area (Å²) in [6.45, 7) is 2.11. The lowest BCUT2D eigenvalue weighted by atomic mass is 9.75. The van der Waals surface area contributed by atoms with E-state index < -0.39 is 17.7 Å². The molecule has 8 nitrogen and oxygen atoms in total. The first-order valence-electron chi connectivity index (χ1n) is 12.3. The molecule has 1 aromatic carbocycles. The number of ether oxygens (including phenoxy) is 1. The van der Waals surface area contributed by atoms with Gasteiger partial charge in [0.2, 0.25) is 5.88 Å². The third-order valence-corrected chi connectivity index (χ3v) is 6.73. The molecule has 1 aliphatic carbocycles. The molecule has 1 fully saturated rings. The summed E-state index contributed by atoms with van der Waals surface area (Å²) < 4.78 is 20.0. The van der Waals surface area contributed by atoms with Gasteiger partial charge >= 0.3 is 5.97 Å². The van der Waals surface area contributed by atoms with Crippen molar-refractivity contribution in [2.45, 2.75) is 45.1 Å². The van der Waals surface area contributed by atoms with E-state index in [0.717, 1.165) is 31.9 Å². The number of fused-ring (bicyclic) bond motifs is 1. The van der Waals surface area contributed by atoms with E-state index in [1.165, 1.54) is 6.07 Å². The van der Waals surface area contributed by atoms with E-state index in [4.69, 9.17) is 9.72 Å². The summed E-state index contributed by atoms with van der Waals surface area (Å²) in [5.41, 5.74) is 1.09. The van der Waals surface area contributed by atoms with Gasteiger partial charge in [-0.05, 0) is 43.4 Å². The highest BCUT2D eigenvalue weighted by molar-refractivity contribution is 5.91. The molecule has 9 heteroatoms. The number of pyridine rings is 1. The largest absolute Gasteiger partial charge is 0.481 e. The molecule has 3 aromatic heterocycles. The summed E-state index contributed by atoms with van der Waals surface area (Å²) >= 11 is 0. The number of hydrogen-bond acceptors (Lipinski definition) is 6. The Hall–Kier alpha value is -4.01. The quantitative estimate of drug-likeness (QED) is 0.277. The number of nitrogens with one attached hydrogen (secondary N) is 2. The van der Waals surface area contributed by atoms with Crippen LogP contribution in [0.2, 0.25) is 0 Å². The average molecular weight is 490 g/mol. The molecule has 3 unspecified atom stereocenters. The Morgan fingerprint density at radius 3 is 2.83 bits per heavy atom. The molecule has 36 heavy (non-hydrogen) atoms. The number of carboxylic acids is 1. The van der Waals surface area contributed by atoms with Crippen molar-refractivity contribution in [1.29, 1.82) is 0 Å². The highest BCUT2D eigenvalue weighted by Gasteiger charge is 2.37. The van der Waals surface area contributed by atoms with Crippen molar-refractivity contribution in [2.24, 2.45) is 11.8 Å². The lowest BCUT2D eigenvalue weighted by Gasteiger charge is -2.37. The monoisotopic (exact) mass is 489 g/mol. The van der Waals surface area contributed by atoms with Crippen LogP contribution in [0.25, 0.3) is 22.4 Å². The van der Waals surface area contributed by atoms with Crippen LogP contribution in [0.3, 0.4) is 0 Å². The Morgan fingerprint density at radius 1 is 1.22 bits per heavy atom.